The number of rotatable bonds is 3. The first-order valence-corrected chi connectivity index (χ1v) is 11.3. The van der Waals surface area contributed by atoms with Crippen molar-refractivity contribution in [3.05, 3.63) is 70.6 Å². The number of amides is 1. The van der Waals surface area contributed by atoms with Gasteiger partial charge in [-0.3, -0.25) is 4.79 Å². The van der Waals surface area contributed by atoms with Gasteiger partial charge in [0, 0.05) is 35.6 Å². The smallest absolute Gasteiger partial charge is 0.247 e. The fraction of sp³-hybridized carbons (Fsp3) is 0.308. The molecule has 0 saturated heterocycles. The van der Waals surface area contributed by atoms with Crippen molar-refractivity contribution in [3.63, 3.8) is 0 Å². The number of anilines is 1. The largest absolute Gasteiger partial charge is 0.454 e. The molecule has 1 amide bonds. The Kier molecular flexibility index (Phi) is 4.21. The summed E-state index contributed by atoms with van der Waals surface area (Å²) < 4.78 is 11.2. The van der Waals surface area contributed by atoms with Crippen molar-refractivity contribution >= 4 is 17.3 Å². The standard InChI is InChI=1S/C26H24N4O3/c1-2-3-9-30-20-7-5-4-6-18(20)26(25(30)31)13-21-17-12-23-22(32-15-33-23)11-16(17)8-10-29(21)24(28)19(26)14-27/h4-7,11-13H,2-3,8-10,15,28H2,1H3/t26-/m0/s1. The topological polar surface area (TPSA) is 91.8 Å². The van der Waals surface area contributed by atoms with Crippen molar-refractivity contribution in [1.29, 1.82) is 5.26 Å². The molecule has 4 heterocycles. The first-order valence-electron chi connectivity index (χ1n) is 11.3. The van der Waals surface area contributed by atoms with Crippen molar-refractivity contribution in [2.75, 3.05) is 24.8 Å². The number of carbonyl (C=O) groups excluding carboxylic acids is 1. The molecule has 2 aromatic rings. The third kappa shape index (κ3) is 2.52. The van der Waals surface area contributed by atoms with E-state index in [1.807, 2.05) is 52.3 Å². The van der Waals surface area contributed by atoms with Crippen LogP contribution in [-0.2, 0) is 16.6 Å². The average Bonchev–Trinajstić information content (AvgIpc) is 3.38. The highest BCUT2D eigenvalue weighted by molar-refractivity contribution is 6.14. The number of nitrogens with two attached hydrogens (primary N) is 1. The van der Waals surface area contributed by atoms with Crippen LogP contribution in [0.3, 0.4) is 0 Å². The zero-order chi connectivity index (χ0) is 22.7. The molecular weight excluding hydrogens is 416 g/mol. The molecule has 0 bridgehead atoms. The molecule has 0 saturated carbocycles. The molecule has 33 heavy (non-hydrogen) atoms. The number of carbonyl (C=O) groups is 1. The minimum Gasteiger partial charge on any atom is -0.454 e. The van der Waals surface area contributed by atoms with Gasteiger partial charge in [-0.1, -0.05) is 31.5 Å². The van der Waals surface area contributed by atoms with E-state index in [1.54, 1.807) is 0 Å². The molecule has 2 aromatic carbocycles. The predicted octanol–water partition coefficient (Wildman–Crippen LogP) is 3.41. The zero-order valence-corrected chi connectivity index (χ0v) is 18.4. The van der Waals surface area contributed by atoms with E-state index in [0.29, 0.717) is 30.2 Å². The summed E-state index contributed by atoms with van der Waals surface area (Å²) in [5.41, 5.74) is 10.3. The van der Waals surface area contributed by atoms with Crippen LogP contribution < -0.4 is 20.1 Å². The highest BCUT2D eigenvalue weighted by Crippen LogP contribution is 2.53. The number of fused-ring (bicyclic) bond motifs is 6. The molecule has 1 atom stereocenters. The number of ether oxygens (including phenoxy) is 2. The average molecular weight is 441 g/mol. The fourth-order valence-corrected chi connectivity index (χ4v) is 5.49. The van der Waals surface area contributed by atoms with Crippen LogP contribution in [-0.4, -0.2) is 30.7 Å². The van der Waals surface area contributed by atoms with Gasteiger partial charge in [0.1, 0.15) is 17.3 Å². The molecule has 4 aliphatic heterocycles. The number of nitrogens with zero attached hydrogens (tertiary/aromatic N) is 3. The van der Waals surface area contributed by atoms with Gasteiger partial charge in [0.05, 0.1) is 5.57 Å². The predicted molar refractivity (Wildman–Crippen MR) is 123 cm³/mol. The molecule has 4 aliphatic rings. The van der Waals surface area contributed by atoms with Crippen LogP contribution in [0.4, 0.5) is 5.69 Å². The molecule has 0 unspecified atom stereocenters. The second-order valence-corrected chi connectivity index (χ2v) is 8.80. The normalized spacial score (nSPS) is 22.2. The number of hydrogen-bond acceptors (Lipinski definition) is 6. The Bertz CT molecular complexity index is 1310. The minimum atomic E-state index is -1.24. The SMILES string of the molecule is CCCCN1C(=O)[C@@]2(C=C3c4cc5c(cc4CCN3C(N)=C2C#N)OCO5)c2ccccc21. The number of benzene rings is 2. The van der Waals surface area contributed by atoms with Crippen LogP contribution in [0, 0.1) is 11.3 Å². The number of para-hydroxylation sites is 1. The second-order valence-electron chi connectivity index (χ2n) is 8.80. The van der Waals surface area contributed by atoms with Crippen molar-refractivity contribution in [3.8, 4) is 17.6 Å². The minimum absolute atomic E-state index is 0.114. The van der Waals surface area contributed by atoms with Gasteiger partial charge in [0.25, 0.3) is 0 Å². The van der Waals surface area contributed by atoms with Gasteiger partial charge in [0.2, 0.25) is 12.7 Å². The maximum atomic E-state index is 14.1. The Morgan fingerprint density at radius 3 is 2.79 bits per heavy atom. The van der Waals surface area contributed by atoms with E-state index in [1.165, 1.54) is 0 Å². The summed E-state index contributed by atoms with van der Waals surface area (Å²) in [6.07, 6.45) is 4.56. The molecule has 0 fully saturated rings. The first kappa shape index (κ1) is 19.7. The van der Waals surface area contributed by atoms with Crippen LogP contribution in [0.1, 0.15) is 36.5 Å². The van der Waals surface area contributed by atoms with E-state index in [4.69, 9.17) is 15.2 Å². The molecule has 166 valence electrons. The van der Waals surface area contributed by atoms with Crippen molar-refractivity contribution < 1.29 is 14.3 Å². The Morgan fingerprint density at radius 1 is 1.21 bits per heavy atom. The van der Waals surface area contributed by atoms with Gasteiger partial charge in [0.15, 0.2) is 11.5 Å². The van der Waals surface area contributed by atoms with Crippen LogP contribution in [0.15, 0.2) is 53.9 Å². The van der Waals surface area contributed by atoms with Crippen molar-refractivity contribution in [1.82, 2.24) is 4.90 Å². The maximum absolute atomic E-state index is 14.1. The van der Waals surface area contributed by atoms with E-state index in [0.717, 1.165) is 53.1 Å². The van der Waals surface area contributed by atoms with Crippen molar-refractivity contribution in [2.24, 2.45) is 5.73 Å². The summed E-state index contributed by atoms with van der Waals surface area (Å²) in [5, 5.41) is 10.3. The quantitative estimate of drug-likeness (QED) is 0.787. The van der Waals surface area contributed by atoms with E-state index < -0.39 is 5.41 Å². The Labute approximate surface area is 192 Å². The number of hydrogen-bond donors (Lipinski definition) is 1. The van der Waals surface area contributed by atoms with E-state index in [-0.39, 0.29) is 12.7 Å². The lowest BCUT2D eigenvalue weighted by molar-refractivity contribution is -0.120. The molecule has 0 radical (unpaired) electrons. The molecule has 7 heteroatoms. The molecule has 0 aromatic heterocycles. The van der Waals surface area contributed by atoms with Crippen LogP contribution in [0.5, 0.6) is 11.5 Å². The van der Waals surface area contributed by atoms with Gasteiger partial charge in [-0.2, -0.15) is 5.26 Å². The summed E-state index contributed by atoms with van der Waals surface area (Å²) in [4.78, 5) is 17.9. The van der Waals surface area contributed by atoms with E-state index >= 15 is 0 Å². The van der Waals surface area contributed by atoms with Gasteiger partial charge in [-0.05, 0) is 42.7 Å². The lowest BCUT2D eigenvalue weighted by atomic mass is 9.71. The van der Waals surface area contributed by atoms with Gasteiger partial charge < -0.3 is 25.0 Å². The summed E-state index contributed by atoms with van der Waals surface area (Å²) in [6.45, 7) is 3.53. The van der Waals surface area contributed by atoms with Crippen molar-refractivity contribution in [2.45, 2.75) is 31.6 Å². The zero-order valence-electron chi connectivity index (χ0n) is 18.4. The van der Waals surface area contributed by atoms with Gasteiger partial charge in [-0.15, -0.1) is 0 Å². The number of unbranched alkanes of at least 4 members (excludes halogenated alkanes) is 1. The third-order valence-corrected chi connectivity index (χ3v) is 7.11. The number of nitriles is 1. The van der Waals surface area contributed by atoms with Crippen LogP contribution in [0.25, 0.3) is 5.70 Å². The van der Waals surface area contributed by atoms with Gasteiger partial charge >= 0.3 is 0 Å². The second kappa shape index (κ2) is 7.04. The summed E-state index contributed by atoms with van der Waals surface area (Å²) in [5.74, 6) is 1.65. The lowest BCUT2D eigenvalue weighted by Gasteiger charge is -2.41. The molecule has 6 rings (SSSR count). The first-order chi connectivity index (χ1) is 16.1. The molecule has 1 spiro atoms. The molecule has 2 N–H and O–H groups in total. The summed E-state index contributed by atoms with van der Waals surface area (Å²) in [6, 6.07) is 14.0. The van der Waals surface area contributed by atoms with Gasteiger partial charge in [-0.25, -0.2) is 0 Å². The highest BCUT2D eigenvalue weighted by Gasteiger charge is 2.56. The monoisotopic (exact) mass is 440 g/mol. The summed E-state index contributed by atoms with van der Waals surface area (Å²) in [7, 11) is 0. The molecular formula is C26H24N4O3. The Balaban J connectivity index is 1.60. The Hall–Kier alpha value is -3.92. The lowest BCUT2D eigenvalue weighted by Crippen LogP contribution is -2.47. The fourth-order valence-electron chi connectivity index (χ4n) is 5.49. The molecule has 0 aliphatic carbocycles. The highest BCUT2D eigenvalue weighted by atomic mass is 16.7. The maximum Gasteiger partial charge on any atom is 0.247 e. The summed E-state index contributed by atoms with van der Waals surface area (Å²) >= 11 is 0. The van der Waals surface area contributed by atoms with E-state index in [9.17, 15) is 10.1 Å². The van der Waals surface area contributed by atoms with Crippen LogP contribution >= 0.6 is 0 Å². The van der Waals surface area contributed by atoms with Crippen LogP contribution in [0.2, 0.25) is 0 Å². The third-order valence-electron chi connectivity index (χ3n) is 7.11. The molecule has 7 nitrogen and oxygen atoms in total. The Morgan fingerprint density at radius 2 is 2.00 bits per heavy atom. The van der Waals surface area contributed by atoms with E-state index in [2.05, 4.69) is 13.0 Å².